The Morgan fingerprint density at radius 3 is 2.52 bits per heavy atom. The number of hydrogen-bond donors (Lipinski definition) is 2. The topological polar surface area (TPSA) is 60.3 Å². The quantitative estimate of drug-likeness (QED) is 0.366. The van der Waals surface area contributed by atoms with E-state index in [0.29, 0.717) is 11.7 Å². The van der Waals surface area contributed by atoms with Gasteiger partial charge >= 0.3 is 0 Å². The number of para-hydroxylation sites is 2. The first-order valence-electron chi connectivity index (χ1n) is 10.5. The van der Waals surface area contributed by atoms with Gasteiger partial charge in [-0.05, 0) is 30.4 Å². The average molecular weight is 516 g/mol. The molecule has 0 aromatic heterocycles. The summed E-state index contributed by atoms with van der Waals surface area (Å²) in [5.41, 5.74) is 1.07. The number of nitrogens with zero attached hydrogens (tertiary/aromatic N) is 3. The van der Waals surface area contributed by atoms with Crippen LogP contribution in [0.5, 0.6) is 5.75 Å². The SMILES string of the molecule is CN=C(NCC1CCCOC1C(C)(C)C)N1CCN(c2ccccc2O)CC1.I. The van der Waals surface area contributed by atoms with Gasteiger partial charge < -0.3 is 25.0 Å². The van der Waals surface area contributed by atoms with Crippen LogP contribution >= 0.6 is 24.0 Å². The van der Waals surface area contributed by atoms with Crippen LogP contribution in [-0.4, -0.2) is 68.4 Å². The number of benzene rings is 1. The highest BCUT2D eigenvalue weighted by molar-refractivity contribution is 14.0. The van der Waals surface area contributed by atoms with Crippen molar-refractivity contribution in [1.29, 1.82) is 0 Å². The van der Waals surface area contributed by atoms with Gasteiger partial charge in [0.15, 0.2) is 5.96 Å². The molecule has 0 saturated carbocycles. The molecule has 2 fully saturated rings. The second kappa shape index (κ2) is 10.7. The molecule has 3 rings (SSSR count). The van der Waals surface area contributed by atoms with Gasteiger partial charge in [0.1, 0.15) is 5.75 Å². The van der Waals surface area contributed by atoms with Crippen molar-refractivity contribution in [2.45, 2.75) is 39.7 Å². The number of rotatable bonds is 3. The number of aliphatic imine (C=N–C) groups is 1. The van der Waals surface area contributed by atoms with E-state index >= 15 is 0 Å². The molecule has 29 heavy (non-hydrogen) atoms. The molecule has 2 N–H and O–H groups in total. The Hall–Kier alpha value is -1.22. The number of aromatic hydroxyl groups is 1. The molecular formula is C22H37IN4O2. The Balaban J connectivity index is 0.00000300. The summed E-state index contributed by atoms with van der Waals surface area (Å²) in [6, 6.07) is 7.56. The monoisotopic (exact) mass is 516 g/mol. The van der Waals surface area contributed by atoms with Crippen LogP contribution in [0.1, 0.15) is 33.6 Å². The van der Waals surface area contributed by atoms with Crippen molar-refractivity contribution in [2.75, 3.05) is 51.3 Å². The molecule has 0 amide bonds. The number of piperazine rings is 1. The highest BCUT2D eigenvalue weighted by Gasteiger charge is 2.35. The lowest BCUT2D eigenvalue weighted by atomic mass is 9.78. The van der Waals surface area contributed by atoms with E-state index in [4.69, 9.17) is 4.74 Å². The zero-order chi connectivity index (χ0) is 20.1. The van der Waals surface area contributed by atoms with Crippen LogP contribution in [0.15, 0.2) is 29.3 Å². The van der Waals surface area contributed by atoms with Crippen LogP contribution in [0.25, 0.3) is 0 Å². The molecule has 7 heteroatoms. The van der Waals surface area contributed by atoms with Crippen LogP contribution in [0.2, 0.25) is 0 Å². The first kappa shape index (κ1) is 24.1. The second-order valence-electron chi connectivity index (χ2n) is 8.95. The number of halogens is 1. The number of nitrogens with one attached hydrogen (secondary N) is 1. The normalized spacial score (nSPS) is 23.5. The lowest BCUT2D eigenvalue weighted by Crippen LogP contribution is -2.54. The number of anilines is 1. The molecule has 0 aliphatic carbocycles. The minimum Gasteiger partial charge on any atom is -0.506 e. The van der Waals surface area contributed by atoms with Crippen molar-refractivity contribution in [3.05, 3.63) is 24.3 Å². The Kier molecular flexibility index (Phi) is 8.88. The molecule has 2 heterocycles. The fourth-order valence-corrected chi connectivity index (χ4v) is 4.45. The zero-order valence-electron chi connectivity index (χ0n) is 18.2. The molecule has 2 saturated heterocycles. The van der Waals surface area contributed by atoms with Gasteiger partial charge in [0.05, 0.1) is 11.8 Å². The van der Waals surface area contributed by atoms with Crippen molar-refractivity contribution < 1.29 is 9.84 Å². The zero-order valence-corrected chi connectivity index (χ0v) is 20.6. The van der Waals surface area contributed by atoms with Gasteiger partial charge in [-0.15, -0.1) is 24.0 Å². The van der Waals surface area contributed by atoms with E-state index in [1.807, 2.05) is 25.2 Å². The summed E-state index contributed by atoms with van der Waals surface area (Å²) in [4.78, 5) is 9.07. The summed E-state index contributed by atoms with van der Waals surface area (Å²) in [5.74, 6) is 1.83. The Morgan fingerprint density at radius 1 is 1.21 bits per heavy atom. The minimum absolute atomic E-state index is 0. The van der Waals surface area contributed by atoms with E-state index in [2.05, 4.69) is 40.9 Å². The van der Waals surface area contributed by atoms with Crippen molar-refractivity contribution in [3.8, 4) is 5.75 Å². The molecule has 164 valence electrons. The third kappa shape index (κ3) is 6.13. The molecule has 0 radical (unpaired) electrons. The van der Waals surface area contributed by atoms with Gasteiger partial charge in [0.25, 0.3) is 0 Å². The lowest BCUT2D eigenvalue weighted by Gasteiger charge is -2.41. The van der Waals surface area contributed by atoms with Crippen LogP contribution in [-0.2, 0) is 4.74 Å². The van der Waals surface area contributed by atoms with Gasteiger partial charge in [-0.3, -0.25) is 4.99 Å². The Morgan fingerprint density at radius 2 is 1.90 bits per heavy atom. The second-order valence-corrected chi connectivity index (χ2v) is 8.95. The van der Waals surface area contributed by atoms with Gasteiger partial charge in [-0.1, -0.05) is 32.9 Å². The first-order chi connectivity index (χ1) is 13.4. The van der Waals surface area contributed by atoms with Gasteiger partial charge in [0, 0.05) is 52.3 Å². The fraction of sp³-hybridized carbons (Fsp3) is 0.682. The van der Waals surface area contributed by atoms with Crippen molar-refractivity contribution >= 4 is 35.6 Å². The molecule has 2 aliphatic heterocycles. The maximum Gasteiger partial charge on any atom is 0.193 e. The summed E-state index contributed by atoms with van der Waals surface area (Å²) >= 11 is 0. The average Bonchev–Trinajstić information content (AvgIpc) is 2.69. The van der Waals surface area contributed by atoms with E-state index in [0.717, 1.165) is 57.4 Å². The molecule has 1 aromatic carbocycles. The molecule has 6 nitrogen and oxygen atoms in total. The molecule has 0 spiro atoms. The van der Waals surface area contributed by atoms with Crippen LogP contribution < -0.4 is 10.2 Å². The maximum absolute atomic E-state index is 10.1. The largest absolute Gasteiger partial charge is 0.506 e. The van der Waals surface area contributed by atoms with Crippen molar-refractivity contribution in [1.82, 2.24) is 10.2 Å². The summed E-state index contributed by atoms with van der Waals surface area (Å²) in [7, 11) is 1.86. The van der Waals surface area contributed by atoms with E-state index < -0.39 is 0 Å². The number of phenolic OH excluding ortho intramolecular Hbond substituents is 1. The third-order valence-corrected chi connectivity index (χ3v) is 5.83. The Bertz CT molecular complexity index is 669. The summed E-state index contributed by atoms with van der Waals surface area (Å²) in [5, 5.41) is 13.7. The number of ether oxygens (including phenoxy) is 1. The number of phenols is 1. The van der Waals surface area contributed by atoms with E-state index in [1.165, 1.54) is 6.42 Å². The van der Waals surface area contributed by atoms with Crippen LogP contribution in [0.4, 0.5) is 5.69 Å². The standard InChI is InChI=1S/C22H36N4O2.HI/c1-22(2,3)20-17(8-7-15-28-20)16-24-21(23-4)26-13-11-25(12-14-26)18-9-5-6-10-19(18)27;/h5-6,9-10,17,20,27H,7-8,11-16H2,1-4H3,(H,23,24);1H. The highest BCUT2D eigenvalue weighted by Crippen LogP contribution is 2.33. The van der Waals surface area contributed by atoms with E-state index in [1.54, 1.807) is 6.07 Å². The van der Waals surface area contributed by atoms with Gasteiger partial charge in [0.2, 0.25) is 0 Å². The van der Waals surface area contributed by atoms with Crippen molar-refractivity contribution in [3.63, 3.8) is 0 Å². The van der Waals surface area contributed by atoms with Crippen LogP contribution in [0, 0.1) is 11.3 Å². The molecule has 2 atom stereocenters. The third-order valence-electron chi connectivity index (χ3n) is 5.83. The smallest absolute Gasteiger partial charge is 0.193 e. The fourth-order valence-electron chi connectivity index (χ4n) is 4.45. The summed E-state index contributed by atoms with van der Waals surface area (Å²) in [6.45, 7) is 12.1. The maximum atomic E-state index is 10.1. The number of hydrogen-bond acceptors (Lipinski definition) is 4. The minimum atomic E-state index is 0. The first-order valence-corrected chi connectivity index (χ1v) is 10.5. The number of guanidine groups is 1. The van der Waals surface area contributed by atoms with Crippen LogP contribution in [0.3, 0.4) is 0 Å². The highest BCUT2D eigenvalue weighted by atomic mass is 127. The summed E-state index contributed by atoms with van der Waals surface area (Å²) < 4.78 is 6.12. The van der Waals surface area contributed by atoms with Crippen molar-refractivity contribution in [2.24, 2.45) is 16.3 Å². The molecular weight excluding hydrogens is 479 g/mol. The predicted molar refractivity (Wildman–Crippen MR) is 131 cm³/mol. The lowest BCUT2D eigenvalue weighted by molar-refractivity contribution is -0.0836. The summed E-state index contributed by atoms with van der Waals surface area (Å²) in [6.07, 6.45) is 2.62. The van der Waals surface area contributed by atoms with Gasteiger partial charge in [-0.25, -0.2) is 0 Å². The van der Waals surface area contributed by atoms with E-state index in [-0.39, 0.29) is 35.5 Å². The van der Waals surface area contributed by atoms with E-state index in [9.17, 15) is 5.11 Å². The predicted octanol–water partition coefficient (Wildman–Crippen LogP) is 3.55. The van der Waals surface area contributed by atoms with Gasteiger partial charge in [-0.2, -0.15) is 0 Å². The Labute approximate surface area is 192 Å². The molecule has 2 unspecified atom stereocenters. The molecule has 1 aromatic rings. The molecule has 0 bridgehead atoms. The molecule has 2 aliphatic rings.